The van der Waals surface area contributed by atoms with E-state index in [1.807, 2.05) is 20.8 Å². The van der Waals surface area contributed by atoms with E-state index < -0.39 is 5.60 Å². The molecule has 0 radical (unpaired) electrons. The zero-order valence-corrected chi connectivity index (χ0v) is 9.39. The second-order valence-corrected chi connectivity index (χ2v) is 4.89. The summed E-state index contributed by atoms with van der Waals surface area (Å²) in [7, 11) is 0. The van der Waals surface area contributed by atoms with E-state index in [1.165, 1.54) is 0 Å². The first kappa shape index (κ1) is 11.3. The van der Waals surface area contributed by atoms with E-state index in [0.29, 0.717) is 6.04 Å². The summed E-state index contributed by atoms with van der Waals surface area (Å²) in [6.07, 6.45) is 0.651. The number of hydrogen-bond acceptors (Lipinski definition) is 3. The number of alkyl carbamates (subject to hydrolysis) is 1. The average molecular weight is 200 g/mol. The number of carbonyl (C=O) groups is 1. The Morgan fingerprint density at radius 1 is 1.50 bits per heavy atom. The minimum absolute atomic E-state index is 0.208. The molecule has 0 unspecified atom stereocenters. The van der Waals surface area contributed by atoms with Crippen LogP contribution in [0.4, 0.5) is 4.79 Å². The number of amides is 1. The lowest BCUT2D eigenvalue weighted by atomic mass is 10.2. The van der Waals surface area contributed by atoms with Crippen LogP contribution >= 0.6 is 0 Å². The Balaban J connectivity index is 2.27. The van der Waals surface area contributed by atoms with Gasteiger partial charge in [-0.05, 0) is 34.1 Å². The van der Waals surface area contributed by atoms with E-state index in [1.54, 1.807) is 0 Å². The second-order valence-electron chi connectivity index (χ2n) is 4.89. The van der Waals surface area contributed by atoms with Gasteiger partial charge in [-0.1, -0.05) is 0 Å². The Labute approximate surface area is 85.4 Å². The molecule has 2 N–H and O–H groups in total. The van der Waals surface area contributed by atoms with Gasteiger partial charge in [0.05, 0.1) is 0 Å². The molecular weight excluding hydrogens is 180 g/mol. The molecule has 4 nitrogen and oxygen atoms in total. The summed E-state index contributed by atoms with van der Waals surface area (Å²) in [5.41, 5.74) is -0.415. The Morgan fingerprint density at radius 2 is 2.14 bits per heavy atom. The van der Waals surface area contributed by atoms with Crippen molar-refractivity contribution in [2.75, 3.05) is 6.54 Å². The fourth-order valence-corrected chi connectivity index (χ4v) is 1.52. The molecule has 14 heavy (non-hydrogen) atoms. The van der Waals surface area contributed by atoms with Crippen LogP contribution in [0.5, 0.6) is 0 Å². The average Bonchev–Trinajstić information content (AvgIpc) is 2.30. The smallest absolute Gasteiger partial charge is 0.407 e. The van der Waals surface area contributed by atoms with Gasteiger partial charge < -0.3 is 15.4 Å². The lowest BCUT2D eigenvalue weighted by molar-refractivity contribution is 0.0508. The van der Waals surface area contributed by atoms with Crippen LogP contribution < -0.4 is 10.6 Å². The van der Waals surface area contributed by atoms with Crippen molar-refractivity contribution in [2.45, 2.75) is 51.8 Å². The molecular formula is C10H20N2O2. The molecule has 1 fully saturated rings. The number of rotatable bonds is 1. The summed E-state index contributed by atoms with van der Waals surface area (Å²) in [5, 5.41) is 6.11. The summed E-state index contributed by atoms with van der Waals surface area (Å²) in [4.78, 5) is 11.4. The summed E-state index contributed by atoms with van der Waals surface area (Å²) in [6, 6.07) is 0.690. The molecule has 82 valence electrons. The van der Waals surface area contributed by atoms with Crippen LogP contribution in [0.25, 0.3) is 0 Å². The van der Waals surface area contributed by atoms with Crippen molar-refractivity contribution in [1.29, 1.82) is 0 Å². The highest BCUT2D eigenvalue weighted by atomic mass is 16.6. The fourth-order valence-electron chi connectivity index (χ4n) is 1.52. The zero-order valence-electron chi connectivity index (χ0n) is 9.39. The molecule has 1 aliphatic heterocycles. The Hall–Kier alpha value is -0.770. The molecule has 2 atom stereocenters. The summed E-state index contributed by atoms with van der Waals surface area (Å²) in [5.74, 6) is 0. The maximum atomic E-state index is 11.4. The minimum atomic E-state index is -0.415. The Morgan fingerprint density at radius 3 is 2.57 bits per heavy atom. The third kappa shape index (κ3) is 3.96. The predicted molar refractivity (Wildman–Crippen MR) is 55.2 cm³/mol. The van der Waals surface area contributed by atoms with Gasteiger partial charge in [-0.2, -0.15) is 0 Å². The van der Waals surface area contributed by atoms with E-state index in [4.69, 9.17) is 4.74 Å². The molecule has 0 spiro atoms. The van der Waals surface area contributed by atoms with Crippen molar-refractivity contribution in [1.82, 2.24) is 10.6 Å². The third-order valence-electron chi connectivity index (χ3n) is 2.07. The van der Waals surface area contributed by atoms with E-state index in [2.05, 4.69) is 17.6 Å². The molecule has 1 heterocycles. The quantitative estimate of drug-likeness (QED) is 0.670. The van der Waals surface area contributed by atoms with Gasteiger partial charge in [-0.3, -0.25) is 0 Å². The first-order valence-corrected chi connectivity index (χ1v) is 5.10. The van der Waals surface area contributed by atoms with Crippen LogP contribution in [0.3, 0.4) is 0 Å². The van der Waals surface area contributed by atoms with Crippen LogP contribution in [0.15, 0.2) is 0 Å². The van der Waals surface area contributed by atoms with Crippen LogP contribution in [-0.4, -0.2) is 30.3 Å². The van der Waals surface area contributed by atoms with Gasteiger partial charge >= 0.3 is 6.09 Å². The molecule has 1 saturated heterocycles. The van der Waals surface area contributed by atoms with E-state index in [9.17, 15) is 4.79 Å². The van der Waals surface area contributed by atoms with Gasteiger partial charge in [-0.25, -0.2) is 4.79 Å². The molecule has 0 aliphatic carbocycles. The van der Waals surface area contributed by atoms with E-state index >= 15 is 0 Å². The van der Waals surface area contributed by atoms with Gasteiger partial charge in [0.25, 0.3) is 0 Å². The summed E-state index contributed by atoms with van der Waals surface area (Å²) < 4.78 is 5.16. The minimum Gasteiger partial charge on any atom is -0.444 e. The van der Waals surface area contributed by atoms with E-state index in [0.717, 1.165) is 13.0 Å². The first-order valence-electron chi connectivity index (χ1n) is 5.10. The van der Waals surface area contributed by atoms with Crippen molar-refractivity contribution in [2.24, 2.45) is 0 Å². The number of hydrogen-bond donors (Lipinski definition) is 2. The maximum Gasteiger partial charge on any atom is 0.407 e. The summed E-state index contributed by atoms with van der Waals surface area (Å²) >= 11 is 0. The van der Waals surface area contributed by atoms with Crippen molar-refractivity contribution < 1.29 is 9.53 Å². The Kier molecular flexibility index (Phi) is 3.37. The zero-order chi connectivity index (χ0) is 10.8. The molecule has 4 heteroatoms. The molecule has 1 aliphatic rings. The van der Waals surface area contributed by atoms with Crippen LogP contribution in [-0.2, 0) is 4.74 Å². The Bertz CT molecular complexity index is 211. The standard InChI is InChI=1S/C10H20N2O2/c1-7-5-8(6-11-7)12-9(13)14-10(2,3)4/h7-8,11H,5-6H2,1-4H3,(H,12,13)/t7-,8+/m0/s1. The highest BCUT2D eigenvalue weighted by molar-refractivity contribution is 5.68. The van der Waals surface area contributed by atoms with Gasteiger partial charge in [-0.15, -0.1) is 0 Å². The molecule has 0 saturated carbocycles. The largest absolute Gasteiger partial charge is 0.444 e. The molecule has 0 aromatic rings. The number of carbonyl (C=O) groups excluding carboxylic acids is 1. The normalized spacial score (nSPS) is 27.4. The van der Waals surface area contributed by atoms with Gasteiger partial charge in [0.1, 0.15) is 5.60 Å². The molecule has 1 rings (SSSR count). The number of ether oxygens (including phenoxy) is 1. The van der Waals surface area contributed by atoms with Gasteiger partial charge in [0.2, 0.25) is 0 Å². The van der Waals surface area contributed by atoms with Crippen LogP contribution in [0.2, 0.25) is 0 Å². The van der Waals surface area contributed by atoms with Gasteiger partial charge in [0.15, 0.2) is 0 Å². The van der Waals surface area contributed by atoms with Gasteiger partial charge in [0, 0.05) is 18.6 Å². The summed E-state index contributed by atoms with van der Waals surface area (Å²) in [6.45, 7) is 8.53. The topological polar surface area (TPSA) is 50.4 Å². The fraction of sp³-hybridized carbons (Fsp3) is 0.900. The number of nitrogens with one attached hydrogen (secondary N) is 2. The predicted octanol–water partition coefficient (Wildman–Crippen LogP) is 1.26. The highest BCUT2D eigenvalue weighted by Crippen LogP contribution is 2.09. The molecule has 0 aromatic heterocycles. The maximum absolute atomic E-state index is 11.4. The lowest BCUT2D eigenvalue weighted by Crippen LogP contribution is -2.40. The monoisotopic (exact) mass is 200 g/mol. The van der Waals surface area contributed by atoms with Crippen molar-refractivity contribution in [3.63, 3.8) is 0 Å². The molecule has 1 amide bonds. The second kappa shape index (κ2) is 4.17. The van der Waals surface area contributed by atoms with E-state index in [-0.39, 0.29) is 12.1 Å². The van der Waals surface area contributed by atoms with Crippen molar-refractivity contribution >= 4 is 6.09 Å². The van der Waals surface area contributed by atoms with Crippen LogP contribution in [0, 0.1) is 0 Å². The first-order chi connectivity index (χ1) is 6.37. The highest BCUT2D eigenvalue weighted by Gasteiger charge is 2.24. The SMILES string of the molecule is C[C@H]1C[C@@H](NC(=O)OC(C)(C)C)CN1. The third-order valence-corrected chi connectivity index (χ3v) is 2.07. The van der Waals surface area contributed by atoms with Crippen molar-refractivity contribution in [3.8, 4) is 0 Å². The van der Waals surface area contributed by atoms with Crippen molar-refractivity contribution in [3.05, 3.63) is 0 Å². The lowest BCUT2D eigenvalue weighted by Gasteiger charge is -2.21. The molecule has 0 aromatic carbocycles. The molecule has 0 bridgehead atoms. The van der Waals surface area contributed by atoms with Crippen LogP contribution in [0.1, 0.15) is 34.1 Å².